The molecule has 2 aromatic heterocycles. The normalized spacial score (nSPS) is 15.1. The van der Waals surface area contributed by atoms with Gasteiger partial charge >= 0.3 is 0 Å². The summed E-state index contributed by atoms with van der Waals surface area (Å²) < 4.78 is 13.2. The van der Waals surface area contributed by atoms with Crippen LogP contribution in [0.3, 0.4) is 0 Å². The summed E-state index contributed by atoms with van der Waals surface area (Å²) in [7, 11) is 0. The van der Waals surface area contributed by atoms with E-state index in [0.29, 0.717) is 11.2 Å². The molecule has 0 bridgehead atoms. The van der Waals surface area contributed by atoms with Crippen molar-refractivity contribution in [3.05, 3.63) is 48.4 Å². The molecule has 1 aromatic carbocycles. The fraction of sp³-hybridized carbons (Fsp3) is 0.300. The maximum Gasteiger partial charge on any atom is 0.181 e. The first-order chi connectivity index (χ1) is 12.7. The van der Waals surface area contributed by atoms with Crippen molar-refractivity contribution >= 4 is 22.3 Å². The molecule has 4 nitrogen and oxygen atoms in total. The molecular formula is C20H21FN4S. The average molecular weight is 368 g/mol. The molecule has 0 unspecified atom stereocenters. The van der Waals surface area contributed by atoms with Gasteiger partial charge in [-0.25, -0.2) is 14.4 Å². The second kappa shape index (κ2) is 7.41. The predicted molar refractivity (Wildman–Crippen MR) is 106 cm³/mol. The molecule has 1 aliphatic rings. The number of aromatic nitrogens is 2. The van der Waals surface area contributed by atoms with Crippen LogP contribution in [0.5, 0.6) is 0 Å². The second-order valence-corrected chi connectivity index (χ2v) is 7.68. The SMILES string of the molecule is Nc1nc(-c2ccc(F)cc2)c(-c2ccnc(NC3CCCCC3)c2)s1. The van der Waals surface area contributed by atoms with Gasteiger partial charge in [0, 0.05) is 17.8 Å². The molecule has 0 aliphatic heterocycles. The number of anilines is 2. The highest BCUT2D eigenvalue weighted by Crippen LogP contribution is 2.38. The van der Waals surface area contributed by atoms with Crippen molar-refractivity contribution in [3.63, 3.8) is 0 Å². The lowest BCUT2D eigenvalue weighted by Gasteiger charge is -2.23. The summed E-state index contributed by atoms with van der Waals surface area (Å²) >= 11 is 1.44. The number of hydrogen-bond donors (Lipinski definition) is 2. The Morgan fingerprint density at radius 3 is 2.58 bits per heavy atom. The van der Waals surface area contributed by atoms with E-state index in [1.54, 1.807) is 12.1 Å². The van der Waals surface area contributed by atoms with E-state index in [-0.39, 0.29) is 5.82 Å². The first-order valence-corrected chi connectivity index (χ1v) is 9.76. The molecule has 1 fully saturated rings. The van der Waals surface area contributed by atoms with E-state index in [1.807, 2.05) is 12.3 Å². The molecule has 3 aromatic rings. The maximum absolute atomic E-state index is 13.2. The zero-order valence-electron chi connectivity index (χ0n) is 14.4. The summed E-state index contributed by atoms with van der Waals surface area (Å²) in [6.07, 6.45) is 8.08. The zero-order valence-corrected chi connectivity index (χ0v) is 15.2. The third-order valence-electron chi connectivity index (χ3n) is 4.74. The van der Waals surface area contributed by atoms with Gasteiger partial charge in [0.2, 0.25) is 0 Å². The molecule has 0 atom stereocenters. The minimum atomic E-state index is -0.263. The van der Waals surface area contributed by atoms with E-state index in [0.717, 1.165) is 27.5 Å². The summed E-state index contributed by atoms with van der Waals surface area (Å²) in [5.41, 5.74) is 8.63. The highest BCUT2D eigenvalue weighted by Gasteiger charge is 2.16. The Bertz CT molecular complexity index is 885. The van der Waals surface area contributed by atoms with E-state index in [2.05, 4.69) is 21.4 Å². The molecule has 4 rings (SSSR count). The standard InChI is InChI=1S/C20H21FN4S/c21-15-8-6-13(7-9-15)18-19(26-20(22)25-18)14-10-11-23-17(12-14)24-16-4-2-1-3-5-16/h6-12,16H,1-5H2,(H2,22,25)(H,23,24). The third-order valence-corrected chi connectivity index (χ3v) is 5.67. The number of hydrogen-bond acceptors (Lipinski definition) is 5. The number of nitrogens with one attached hydrogen (secondary N) is 1. The number of rotatable bonds is 4. The Labute approximate surface area is 156 Å². The van der Waals surface area contributed by atoms with Crippen LogP contribution in [0.25, 0.3) is 21.7 Å². The van der Waals surface area contributed by atoms with Gasteiger partial charge in [0.05, 0.1) is 10.6 Å². The van der Waals surface area contributed by atoms with Crippen molar-refractivity contribution in [2.24, 2.45) is 0 Å². The Morgan fingerprint density at radius 2 is 1.81 bits per heavy atom. The topological polar surface area (TPSA) is 63.8 Å². The summed E-state index contributed by atoms with van der Waals surface area (Å²) in [5.74, 6) is 0.618. The van der Waals surface area contributed by atoms with Crippen LogP contribution in [0.4, 0.5) is 15.3 Å². The molecule has 2 heterocycles. The number of halogens is 1. The van der Waals surface area contributed by atoms with Crippen LogP contribution in [-0.4, -0.2) is 16.0 Å². The lowest BCUT2D eigenvalue weighted by molar-refractivity contribution is 0.462. The van der Waals surface area contributed by atoms with E-state index < -0.39 is 0 Å². The molecule has 1 saturated carbocycles. The van der Waals surface area contributed by atoms with E-state index >= 15 is 0 Å². The molecule has 134 valence electrons. The van der Waals surface area contributed by atoms with Crippen molar-refractivity contribution in [1.29, 1.82) is 0 Å². The van der Waals surface area contributed by atoms with Crippen LogP contribution in [0.1, 0.15) is 32.1 Å². The largest absolute Gasteiger partial charge is 0.375 e. The van der Waals surface area contributed by atoms with E-state index in [4.69, 9.17) is 5.73 Å². The van der Waals surface area contributed by atoms with Crippen molar-refractivity contribution in [2.75, 3.05) is 11.1 Å². The van der Waals surface area contributed by atoms with E-state index in [9.17, 15) is 4.39 Å². The average Bonchev–Trinajstić information content (AvgIpc) is 3.05. The van der Waals surface area contributed by atoms with Gasteiger partial charge in [-0.3, -0.25) is 0 Å². The van der Waals surface area contributed by atoms with Crippen LogP contribution in [0, 0.1) is 5.82 Å². The molecular weight excluding hydrogens is 347 g/mol. The van der Waals surface area contributed by atoms with Gasteiger partial charge in [-0.2, -0.15) is 0 Å². The molecule has 0 amide bonds. The number of nitrogens with zero attached hydrogens (tertiary/aromatic N) is 2. The summed E-state index contributed by atoms with van der Waals surface area (Å²) in [6, 6.07) is 10.9. The minimum absolute atomic E-state index is 0.263. The van der Waals surface area contributed by atoms with Crippen LogP contribution in [0.15, 0.2) is 42.6 Å². The Hall–Kier alpha value is -2.47. The van der Waals surface area contributed by atoms with Crippen LogP contribution >= 0.6 is 11.3 Å². The summed E-state index contributed by atoms with van der Waals surface area (Å²) in [4.78, 5) is 9.91. The lowest BCUT2D eigenvalue weighted by atomic mass is 9.95. The Morgan fingerprint density at radius 1 is 1.04 bits per heavy atom. The number of nitrogen functional groups attached to an aromatic ring is 1. The summed E-state index contributed by atoms with van der Waals surface area (Å²) in [6.45, 7) is 0. The predicted octanol–water partition coefficient (Wildman–Crippen LogP) is 5.34. The van der Waals surface area contributed by atoms with Crippen LogP contribution in [0.2, 0.25) is 0 Å². The number of pyridine rings is 1. The van der Waals surface area contributed by atoms with Crippen LogP contribution < -0.4 is 11.1 Å². The van der Waals surface area contributed by atoms with Crippen molar-refractivity contribution < 1.29 is 4.39 Å². The van der Waals surface area contributed by atoms with Gasteiger partial charge in [-0.05, 0) is 54.8 Å². The summed E-state index contributed by atoms with van der Waals surface area (Å²) in [5, 5.41) is 4.05. The molecule has 1 aliphatic carbocycles. The van der Waals surface area contributed by atoms with Gasteiger partial charge in [0.15, 0.2) is 5.13 Å². The van der Waals surface area contributed by atoms with Gasteiger partial charge in [-0.1, -0.05) is 30.6 Å². The molecule has 0 saturated heterocycles. The van der Waals surface area contributed by atoms with Gasteiger partial charge in [0.1, 0.15) is 11.6 Å². The smallest absolute Gasteiger partial charge is 0.181 e. The second-order valence-electron chi connectivity index (χ2n) is 6.65. The Kier molecular flexibility index (Phi) is 4.84. The van der Waals surface area contributed by atoms with Crippen molar-refractivity contribution in [1.82, 2.24) is 9.97 Å². The third kappa shape index (κ3) is 3.70. The van der Waals surface area contributed by atoms with Crippen molar-refractivity contribution in [3.8, 4) is 21.7 Å². The first-order valence-electron chi connectivity index (χ1n) is 8.94. The first kappa shape index (κ1) is 17.0. The van der Waals surface area contributed by atoms with Gasteiger partial charge in [-0.15, -0.1) is 0 Å². The quantitative estimate of drug-likeness (QED) is 0.652. The molecule has 0 spiro atoms. The molecule has 3 N–H and O–H groups in total. The van der Waals surface area contributed by atoms with Crippen molar-refractivity contribution in [2.45, 2.75) is 38.1 Å². The zero-order chi connectivity index (χ0) is 17.9. The fourth-order valence-electron chi connectivity index (χ4n) is 3.44. The molecule has 0 radical (unpaired) electrons. The highest BCUT2D eigenvalue weighted by atomic mass is 32.1. The number of benzene rings is 1. The van der Waals surface area contributed by atoms with Gasteiger partial charge in [0.25, 0.3) is 0 Å². The monoisotopic (exact) mass is 368 g/mol. The minimum Gasteiger partial charge on any atom is -0.375 e. The fourth-order valence-corrected chi connectivity index (χ4v) is 4.29. The maximum atomic E-state index is 13.2. The number of nitrogens with two attached hydrogens (primary N) is 1. The molecule has 6 heteroatoms. The Balaban J connectivity index is 1.65. The lowest BCUT2D eigenvalue weighted by Crippen LogP contribution is -2.22. The molecule has 26 heavy (non-hydrogen) atoms. The van der Waals surface area contributed by atoms with E-state index in [1.165, 1.54) is 55.6 Å². The van der Waals surface area contributed by atoms with Crippen LogP contribution in [-0.2, 0) is 0 Å². The van der Waals surface area contributed by atoms with Gasteiger partial charge < -0.3 is 11.1 Å². The number of thiazole rings is 1. The highest BCUT2D eigenvalue weighted by molar-refractivity contribution is 7.19.